The van der Waals surface area contributed by atoms with E-state index >= 15 is 0 Å². The van der Waals surface area contributed by atoms with Gasteiger partial charge in [0.05, 0.1) is 56.0 Å². The molecule has 2 aromatic carbocycles. The fourth-order valence-corrected chi connectivity index (χ4v) is 8.36. The number of H-pyrrole nitrogens is 2. The molecule has 4 aromatic rings. The van der Waals surface area contributed by atoms with E-state index in [1.807, 2.05) is 62.4 Å². The molecular formula is C43H53N9O7. The number of likely N-dealkylation sites (tertiary alicyclic amines) is 1. The number of alkyl carbamates (subject to hydrolysis) is 2. The molecule has 0 saturated carbocycles. The second kappa shape index (κ2) is 18.2. The Hall–Kier alpha value is -6.19. The summed E-state index contributed by atoms with van der Waals surface area (Å²) in [5.74, 6) is 0.761. The molecule has 5 N–H and O–H groups in total. The standard InChI is InChI=1S/C43H53N9O7/c1-25(2)36(50-43(57)59-4)41(55)52-22-7-10-33(52)38-45-24-32(47-38)28-16-12-26(13-17-28)27-14-18-29(19-15-27)37-31-23-35(53)44-20-6-5-9-30(48-42(56)58-3)40(54)51-21-8-11-34(51)39(46-31)49-37/h12-19,24-25,30,33-34,36H,5-11,20-23H2,1-4H3,(H,44,53)(H,45,47)(H,46,49)(H,48,56)(H,50,57)/t30-,33+,34-,36-/m0/s1. The van der Waals surface area contributed by atoms with E-state index in [2.05, 4.69) is 30.9 Å². The number of imidazole rings is 2. The molecule has 5 heterocycles. The van der Waals surface area contributed by atoms with Gasteiger partial charge in [-0.1, -0.05) is 62.4 Å². The number of methoxy groups -OCH3 is 2. The van der Waals surface area contributed by atoms with E-state index in [1.54, 1.807) is 16.0 Å². The lowest BCUT2D eigenvalue weighted by Crippen LogP contribution is -2.51. The van der Waals surface area contributed by atoms with Crippen LogP contribution < -0.4 is 16.0 Å². The molecule has 16 heteroatoms. The second-order valence-corrected chi connectivity index (χ2v) is 15.7. The predicted octanol–water partition coefficient (Wildman–Crippen LogP) is 5.41. The molecule has 0 aliphatic carbocycles. The van der Waals surface area contributed by atoms with E-state index < -0.39 is 24.3 Å². The van der Waals surface area contributed by atoms with Crippen molar-refractivity contribution in [3.8, 4) is 33.6 Å². The maximum atomic E-state index is 13.8. The number of nitrogens with one attached hydrogen (secondary N) is 5. The molecule has 2 bridgehead atoms. The van der Waals surface area contributed by atoms with Crippen molar-refractivity contribution in [2.75, 3.05) is 33.9 Å². The van der Waals surface area contributed by atoms with Crippen molar-refractivity contribution in [3.63, 3.8) is 0 Å². The number of benzene rings is 2. The molecule has 59 heavy (non-hydrogen) atoms. The van der Waals surface area contributed by atoms with Gasteiger partial charge in [0.25, 0.3) is 0 Å². The Bertz CT molecular complexity index is 2150. The first-order chi connectivity index (χ1) is 28.5. The van der Waals surface area contributed by atoms with Crippen molar-refractivity contribution in [3.05, 3.63) is 72.1 Å². The molecule has 0 unspecified atom stereocenters. The first-order valence-electron chi connectivity index (χ1n) is 20.5. The summed E-state index contributed by atoms with van der Waals surface area (Å²) in [5, 5.41) is 8.40. The average Bonchev–Trinajstić information content (AvgIpc) is 4.08. The van der Waals surface area contributed by atoms with Gasteiger partial charge in [-0.25, -0.2) is 19.6 Å². The molecule has 0 spiro atoms. The highest BCUT2D eigenvalue weighted by Gasteiger charge is 2.39. The van der Waals surface area contributed by atoms with Crippen molar-refractivity contribution in [1.82, 2.24) is 45.7 Å². The number of hydrogen-bond donors (Lipinski definition) is 5. The summed E-state index contributed by atoms with van der Waals surface area (Å²) in [6, 6.07) is 14.2. The van der Waals surface area contributed by atoms with Gasteiger partial charge < -0.3 is 45.2 Å². The number of aromatic nitrogens is 4. The number of rotatable bonds is 8. The van der Waals surface area contributed by atoms with Crippen LogP contribution in [0.2, 0.25) is 0 Å². The third-order valence-electron chi connectivity index (χ3n) is 11.5. The van der Waals surface area contributed by atoms with E-state index in [0.717, 1.165) is 47.2 Å². The Balaban J connectivity index is 1.07. The molecule has 3 aliphatic rings. The van der Waals surface area contributed by atoms with Crippen LogP contribution in [-0.4, -0.2) is 106 Å². The summed E-state index contributed by atoms with van der Waals surface area (Å²) in [4.78, 5) is 84.8. The van der Waals surface area contributed by atoms with Gasteiger partial charge in [0.1, 0.15) is 23.7 Å². The topological polar surface area (TPSA) is 204 Å². The maximum absolute atomic E-state index is 13.8. The number of fused-ring (bicyclic) bond motifs is 4. The smallest absolute Gasteiger partial charge is 0.407 e. The Morgan fingerprint density at radius 3 is 2.14 bits per heavy atom. The lowest BCUT2D eigenvalue weighted by molar-refractivity contribution is -0.135. The highest BCUT2D eigenvalue weighted by atomic mass is 16.5. The fourth-order valence-electron chi connectivity index (χ4n) is 8.36. The van der Waals surface area contributed by atoms with Crippen LogP contribution in [0, 0.1) is 5.92 Å². The van der Waals surface area contributed by atoms with Gasteiger partial charge in [0.2, 0.25) is 17.7 Å². The van der Waals surface area contributed by atoms with Gasteiger partial charge in [0, 0.05) is 25.2 Å². The first kappa shape index (κ1) is 41.0. The van der Waals surface area contributed by atoms with Crippen LogP contribution in [0.1, 0.15) is 88.2 Å². The molecule has 312 valence electrons. The minimum absolute atomic E-state index is 0.119. The zero-order valence-electron chi connectivity index (χ0n) is 34.0. The maximum Gasteiger partial charge on any atom is 0.407 e. The normalized spacial score (nSPS) is 20.4. The molecule has 5 amide bonds. The molecule has 2 fully saturated rings. The molecule has 4 atom stereocenters. The SMILES string of the molecule is COC(=O)N[C@H]1CCCCNC(=O)Cc2[nH]c(nc2-c2ccc(-c3ccc(-c4cnc([C@H]5CCCN5C(=O)[C@@H](NC(=O)OC)C(C)C)[nH]4)cc3)cc2)[C@@H]2CCCN2C1=O. The number of amides is 5. The lowest BCUT2D eigenvalue weighted by Gasteiger charge is -2.30. The fraction of sp³-hybridized carbons (Fsp3) is 0.465. The summed E-state index contributed by atoms with van der Waals surface area (Å²) in [7, 11) is 2.56. The molecular weight excluding hydrogens is 755 g/mol. The number of carbonyl (C=O) groups excluding carboxylic acids is 5. The largest absolute Gasteiger partial charge is 0.453 e. The Morgan fingerprint density at radius 1 is 0.780 bits per heavy atom. The second-order valence-electron chi connectivity index (χ2n) is 15.7. The Kier molecular flexibility index (Phi) is 12.6. The quantitative estimate of drug-likeness (QED) is 0.154. The Labute approximate surface area is 343 Å². The number of nitrogens with zero attached hydrogens (tertiary/aromatic N) is 4. The van der Waals surface area contributed by atoms with Crippen molar-refractivity contribution in [1.29, 1.82) is 0 Å². The average molecular weight is 808 g/mol. The molecule has 2 saturated heterocycles. The zero-order valence-corrected chi connectivity index (χ0v) is 34.0. The van der Waals surface area contributed by atoms with Gasteiger partial charge in [-0.2, -0.15) is 0 Å². The van der Waals surface area contributed by atoms with Crippen LogP contribution in [0.15, 0.2) is 54.7 Å². The van der Waals surface area contributed by atoms with E-state index in [-0.39, 0.29) is 42.1 Å². The minimum Gasteiger partial charge on any atom is -0.453 e. The van der Waals surface area contributed by atoms with E-state index in [4.69, 9.17) is 14.5 Å². The van der Waals surface area contributed by atoms with E-state index in [9.17, 15) is 24.0 Å². The summed E-state index contributed by atoms with van der Waals surface area (Å²) in [6.45, 7) is 5.36. The number of hydrogen-bond acceptors (Lipinski definition) is 9. The summed E-state index contributed by atoms with van der Waals surface area (Å²) >= 11 is 0. The summed E-state index contributed by atoms with van der Waals surface area (Å²) in [5.41, 5.74) is 5.96. The van der Waals surface area contributed by atoms with Crippen molar-refractivity contribution in [2.24, 2.45) is 5.92 Å². The van der Waals surface area contributed by atoms with Crippen LogP contribution in [-0.2, 0) is 30.3 Å². The van der Waals surface area contributed by atoms with Crippen molar-refractivity contribution >= 4 is 29.9 Å². The van der Waals surface area contributed by atoms with Crippen molar-refractivity contribution in [2.45, 2.75) is 89.4 Å². The third-order valence-corrected chi connectivity index (χ3v) is 11.5. The lowest BCUT2D eigenvalue weighted by atomic mass is 10.00. The van der Waals surface area contributed by atoms with Crippen molar-refractivity contribution < 1.29 is 33.4 Å². The summed E-state index contributed by atoms with van der Waals surface area (Å²) < 4.78 is 9.57. The minimum atomic E-state index is -0.740. The predicted molar refractivity (Wildman–Crippen MR) is 218 cm³/mol. The molecule has 0 radical (unpaired) electrons. The van der Waals surface area contributed by atoms with E-state index in [1.165, 1.54) is 14.2 Å². The zero-order chi connectivity index (χ0) is 41.6. The highest BCUT2D eigenvalue weighted by Crippen LogP contribution is 2.36. The number of ether oxygens (including phenoxy) is 2. The van der Waals surface area contributed by atoms with Crippen LogP contribution >= 0.6 is 0 Å². The van der Waals surface area contributed by atoms with Gasteiger partial charge in [0.15, 0.2) is 0 Å². The monoisotopic (exact) mass is 807 g/mol. The molecule has 2 aromatic heterocycles. The molecule has 3 aliphatic heterocycles. The Morgan fingerprint density at radius 2 is 1.44 bits per heavy atom. The van der Waals surface area contributed by atoms with Crippen LogP contribution in [0.5, 0.6) is 0 Å². The highest BCUT2D eigenvalue weighted by molar-refractivity contribution is 5.87. The third kappa shape index (κ3) is 9.11. The van der Waals surface area contributed by atoms with E-state index in [0.29, 0.717) is 68.4 Å². The molecule has 7 rings (SSSR count). The molecule has 16 nitrogen and oxygen atoms in total. The first-order valence-corrected chi connectivity index (χ1v) is 20.5. The van der Waals surface area contributed by atoms with Crippen LogP contribution in [0.3, 0.4) is 0 Å². The van der Waals surface area contributed by atoms with Gasteiger partial charge in [-0.3, -0.25) is 14.4 Å². The number of aromatic amines is 2. The van der Waals surface area contributed by atoms with Crippen LogP contribution in [0.4, 0.5) is 9.59 Å². The van der Waals surface area contributed by atoms with Gasteiger partial charge in [-0.15, -0.1) is 0 Å². The van der Waals surface area contributed by atoms with Gasteiger partial charge >= 0.3 is 12.2 Å². The van der Waals surface area contributed by atoms with Gasteiger partial charge in [-0.05, 0) is 67.6 Å². The van der Waals surface area contributed by atoms with Crippen LogP contribution in [0.25, 0.3) is 33.6 Å². The summed E-state index contributed by atoms with van der Waals surface area (Å²) in [6.07, 6.45) is 5.45. The number of carbonyl (C=O) groups is 5.